The predicted octanol–water partition coefficient (Wildman–Crippen LogP) is 4.39. The number of aromatic nitrogens is 7. The lowest BCUT2D eigenvalue weighted by Crippen LogP contribution is -2.44. The van der Waals surface area contributed by atoms with Crippen LogP contribution < -0.4 is 4.90 Å². The molecule has 0 radical (unpaired) electrons. The Morgan fingerprint density at radius 2 is 2.00 bits per heavy atom. The molecule has 2 saturated heterocycles. The number of aryl methyl sites for hydroxylation is 1. The Labute approximate surface area is 214 Å². The van der Waals surface area contributed by atoms with Crippen molar-refractivity contribution in [2.75, 3.05) is 31.3 Å². The molecular weight excluding hydrogens is 509 g/mol. The first-order chi connectivity index (χ1) is 17.8. The van der Waals surface area contributed by atoms with Crippen molar-refractivity contribution in [3.05, 3.63) is 30.0 Å². The third-order valence-corrected chi connectivity index (χ3v) is 7.43. The monoisotopic (exact) mass is 534 g/mol. The third kappa shape index (κ3) is 4.46. The molecule has 37 heavy (non-hydrogen) atoms. The summed E-state index contributed by atoms with van der Waals surface area (Å²) in [6.45, 7) is 6.25. The second-order valence-corrected chi connectivity index (χ2v) is 10.0. The average Bonchev–Trinajstić information content (AvgIpc) is 3.62. The highest BCUT2D eigenvalue weighted by Gasteiger charge is 2.36. The van der Waals surface area contributed by atoms with Crippen LogP contribution in [-0.4, -0.2) is 66.3 Å². The number of anilines is 1. The van der Waals surface area contributed by atoms with Crippen molar-refractivity contribution in [2.45, 2.75) is 51.6 Å². The van der Waals surface area contributed by atoms with Gasteiger partial charge in [0.15, 0.2) is 6.23 Å². The first kappa shape index (κ1) is 24.2. The lowest BCUT2D eigenvalue weighted by atomic mass is 10.1. The van der Waals surface area contributed by atoms with Crippen LogP contribution in [0.5, 0.6) is 0 Å². The Morgan fingerprint density at radius 3 is 2.73 bits per heavy atom. The molecule has 1 unspecified atom stereocenters. The number of alkyl halides is 3. The van der Waals surface area contributed by atoms with Crippen LogP contribution in [0.4, 0.5) is 19.0 Å². The number of morpholine rings is 1. The van der Waals surface area contributed by atoms with Gasteiger partial charge in [-0.15, -0.1) is 5.10 Å². The molecule has 196 valence electrons. The molecule has 0 bridgehead atoms. The van der Waals surface area contributed by atoms with Gasteiger partial charge in [-0.25, -0.2) is 19.3 Å². The summed E-state index contributed by atoms with van der Waals surface area (Å²) in [4.78, 5) is 10.6. The summed E-state index contributed by atoms with van der Waals surface area (Å²) in [6, 6.07) is 3.72. The van der Waals surface area contributed by atoms with Gasteiger partial charge in [0.1, 0.15) is 28.1 Å². The quantitative estimate of drug-likeness (QED) is 0.381. The fourth-order valence-electron chi connectivity index (χ4n) is 4.78. The Kier molecular flexibility index (Phi) is 6.12. The molecule has 6 rings (SSSR count). The first-order valence-corrected chi connectivity index (χ1v) is 12.9. The van der Waals surface area contributed by atoms with Crippen LogP contribution in [0.25, 0.3) is 27.3 Å². The minimum Gasteiger partial charge on any atom is -0.377 e. The zero-order valence-electron chi connectivity index (χ0n) is 20.3. The maximum Gasteiger partial charge on any atom is 0.453 e. The maximum atomic E-state index is 13.3. The molecule has 0 amide bonds. The van der Waals surface area contributed by atoms with Gasteiger partial charge in [-0.2, -0.15) is 22.6 Å². The Morgan fingerprint density at radius 1 is 1.14 bits per heavy atom. The van der Waals surface area contributed by atoms with Crippen LogP contribution in [0.15, 0.2) is 18.5 Å². The van der Waals surface area contributed by atoms with E-state index < -0.39 is 12.0 Å². The van der Waals surface area contributed by atoms with Crippen molar-refractivity contribution in [2.24, 2.45) is 0 Å². The van der Waals surface area contributed by atoms with Crippen molar-refractivity contribution in [1.82, 2.24) is 33.9 Å². The van der Waals surface area contributed by atoms with Crippen LogP contribution in [0.2, 0.25) is 0 Å². The molecule has 0 saturated carbocycles. The lowest BCUT2D eigenvalue weighted by molar-refractivity contribution is -0.144. The summed E-state index contributed by atoms with van der Waals surface area (Å²) in [5.41, 5.74) is 3.18. The van der Waals surface area contributed by atoms with Gasteiger partial charge in [-0.05, 0) is 50.7 Å². The average molecular weight is 535 g/mol. The van der Waals surface area contributed by atoms with E-state index in [-0.39, 0.29) is 12.3 Å². The molecule has 0 N–H and O–H groups in total. The third-order valence-electron chi connectivity index (χ3n) is 6.58. The molecule has 2 fully saturated rings. The van der Waals surface area contributed by atoms with Gasteiger partial charge < -0.3 is 14.4 Å². The van der Waals surface area contributed by atoms with Gasteiger partial charge in [0.25, 0.3) is 5.82 Å². The molecule has 2 aliphatic heterocycles. The maximum absolute atomic E-state index is 13.3. The van der Waals surface area contributed by atoms with Crippen LogP contribution in [-0.2, 0) is 15.7 Å². The van der Waals surface area contributed by atoms with Gasteiger partial charge >= 0.3 is 6.18 Å². The van der Waals surface area contributed by atoms with E-state index >= 15 is 0 Å². The Balaban J connectivity index is 1.53. The number of rotatable bonds is 4. The van der Waals surface area contributed by atoms with E-state index in [2.05, 4.69) is 20.1 Å². The fraction of sp³-hybridized carbons (Fsp3) is 0.522. The van der Waals surface area contributed by atoms with Crippen LogP contribution in [0.1, 0.15) is 43.9 Å². The number of hydrogen-bond acceptors (Lipinski definition) is 9. The molecule has 0 spiro atoms. The number of nitrogens with zero attached hydrogens (tertiary/aromatic N) is 8. The van der Waals surface area contributed by atoms with Gasteiger partial charge in [0.2, 0.25) is 0 Å². The highest BCUT2D eigenvalue weighted by molar-refractivity contribution is 7.14. The summed E-state index contributed by atoms with van der Waals surface area (Å²) in [5.74, 6) is -0.591. The van der Waals surface area contributed by atoms with E-state index in [1.165, 1.54) is 0 Å². The van der Waals surface area contributed by atoms with Crippen molar-refractivity contribution < 1.29 is 22.6 Å². The number of pyridine rings is 1. The molecular formula is C23H25F3N8O2S. The number of halogens is 3. The summed E-state index contributed by atoms with van der Waals surface area (Å²) in [7, 11) is 0. The minimum atomic E-state index is -4.65. The number of fused-ring (bicyclic) bond motifs is 1. The van der Waals surface area contributed by atoms with Gasteiger partial charge in [0.05, 0.1) is 36.3 Å². The first-order valence-electron chi connectivity index (χ1n) is 12.1. The van der Waals surface area contributed by atoms with E-state index in [1.807, 2.05) is 24.6 Å². The molecule has 0 aliphatic carbocycles. The molecule has 4 aromatic rings. The summed E-state index contributed by atoms with van der Waals surface area (Å²) in [5, 5.41) is 8.42. The van der Waals surface area contributed by atoms with Crippen LogP contribution in [0.3, 0.4) is 0 Å². The van der Waals surface area contributed by atoms with Crippen molar-refractivity contribution in [1.29, 1.82) is 0 Å². The standard InChI is InChI=1S/C23H25F3N8O2S/c1-13-9-15(34(29-13)18-5-3-4-7-36-18)19-20-21(37-31-19)16(33-12-27-22(30-33)23(24,25)26)10-17(28-20)32-6-8-35-11-14(32)2/h9-10,12,14,18H,3-8,11H2,1-2H3/t14-,18?/m1/s1. The largest absolute Gasteiger partial charge is 0.453 e. The molecule has 2 atom stereocenters. The van der Waals surface area contributed by atoms with Crippen molar-refractivity contribution in [3.63, 3.8) is 0 Å². The van der Waals surface area contributed by atoms with Crippen molar-refractivity contribution in [3.8, 4) is 17.1 Å². The summed E-state index contributed by atoms with van der Waals surface area (Å²) < 4.78 is 59.8. The minimum absolute atomic E-state index is 0.0338. The number of hydrogen-bond donors (Lipinski definition) is 0. The van der Waals surface area contributed by atoms with Gasteiger partial charge in [0, 0.05) is 19.2 Å². The Hall–Kier alpha value is -3.10. The van der Waals surface area contributed by atoms with Crippen LogP contribution in [0, 0.1) is 6.92 Å². The molecule has 6 heterocycles. The SMILES string of the molecule is Cc1cc(-c2nsc3c(-n4cnc(C(F)(F)F)n4)cc(N4CCOC[C@H]4C)nc23)n(C2CCCCO2)n1. The second kappa shape index (κ2) is 9.33. The van der Waals surface area contributed by atoms with E-state index in [0.29, 0.717) is 53.8 Å². The van der Waals surface area contributed by atoms with E-state index in [0.717, 1.165) is 53.2 Å². The molecule has 4 aromatic heterocycles. The van der Waals surface area contributed by atoms with Gasteiger partial charge in [-0.3, -0.25) is 0 Å². The Bertz CT molecular complexity index is 1430. The zero-order chi connectivity index (χ0) is 25.7. The van der Waals surface area contributed by atoms with E-state index in [9.17, 15) is 13.2 Å². The fourth-order valence-corrected chi connectivity index (χ4v) is 5.62. The van der Waals surface area contributed by atoms with E-state index in [1.54, 1.807) is 6.07 Å². The predicted molar refractivity (Wildman–Crippen MR) is 130 cm³/mol. The lowest BCUT2D eigenvalue weighted by Gasteiger charge is -2.34. The number of ether oxygens (including phenoxy) is 2. The zero-order valence-corrected chi connectivity index (χ0v) is 21.1. The highest BCUT2D eigenvalue weighted by atomic mass is 32.1. The topological polar surface area (TPSA) is 96.0 Å². The van der Waals surface area contributed by atoms with Gasteiger partial charge in [-0.1, -0.05) is 0 Å². The highest BCUT2D eigenvalue weighted by Crippen LogP contribution is 2.38. The molecule has 2 aliphatic rings. The molecule has 10 nitrogen and oxygen atoms in total. The molecule has 0 aromatic carbocycles. The van der Waals surface area contributed by atoms with Crippen molar-refractivity contribution >= 4 is 27.6 Å². The normalized spacial score (nSPS) is 21.2. The van der Waals surface area contributed by atoms with Crippen LogP contribution >= 0.6 is 11.5 Å². The summed E-state index contributed by atoms with van der Waals surface area (Å²) in [6.07, 6.45) is -0.896. The summed E-state index contributed by atoms with van der Waals surface area (Å²) >= 11 is 1.16. The second-order valence-electron chi connectivity index (χ2n) is 9.27. The molecule has 14 heteroatoms. The van der Waals surface area contributed by atoms with E-state index in [4.69, 9.17) is 18.8 Å². The smallest absolute Gasteiger partial charge is 0.377 e.